The summed E-state index contributed by atoms with van der Waals surface area (Å²) in [5.74, 6) is -0.297. The first-order valence-electron chi connectivity index (χ1n) is 12.3. The number of rotatable bonds is 18. The molecule has 0 aliphatic rings. The Labute approximate surface area is 201 Å². The second kappa shape index (κ2) is 14.0. The molecule has 0 aliphatic heterocycles. The molecule has 190 valence electrons. The number of carbonyl (C=O) groups excluding carboxylic acids is 1. The van der Waals surface area contributed by atoms with E-state index in [0.29, 0.717) is 12.2 Å². The molecule has 0 aromatic rings. The maximum Gasteiger partial charge on any atom is 0.333 e. The molecule has 0 amide bonds. The molecule has 32 heavy (non-hydrogen) atoms. The zero-order valence-electron chi connectivity index (χ0n) is 22.8. The van der Waals surface area contributed by atoms with Crippen molar-refractivity contribution in [2.24, 2.45) is 0 Å². The Morgan fingerprint density at radius 2 is 1.25 bits per heavy atom. The number of aliphatic hydroxyl groups excluding tert-OH is 1. The van der Waals surface area contributed by atoms with E-state index in [1.807, 2.05) is 0 Å². The molecule has 0 bridgehead atoms. The van der Waals surface area contributed by atoms with Gasteiger partial charge in [0.15, 0.2) is 16.6 Å². The highest BCUT2D eigenvalue weighted by molar-refractivity contribution is 6.84. The average Bonchev–Trinajstić information content (AvgIpc) is 2.61. The Balaban J connectivity index is 4.23. The van der Waals surface area contributed by atoms with Crippen LogP contribution in [0.1, 0.15) is 32.6 Å². The number of hydrogen-bond acceptors (Lipinski definition) is 4. The van der Waals surface area contributed by atoms with E-state index in [1.54, 1.807) is 6.92 Å². The number of unbranched alkanes of at least 4 members (excludes halogenated alkanes) is 2. The van der Waals surface area contributed by atoms with Crippen molar-refractivity contribution in [3.05, 3.63) is 12.2 Å². The van der Waals surface area contributed by atoms with Crippen LogP contribution in [0.25, 0.3) is 0 Å². The minimum atomic E-state index is -1.66. The van der Waals surface area contributed by atoms with Crippen LogP contribution in [0.15, 0.2) is 12.2 Å². The summed E-state index contributed by atoms with van der Waals surface area (Å²) in [5.41, 5.74) is 0.457. The summed E-state index contributed by atoms with van der Waals surface area (Å²) in [6.07, 6.45) is 4.78. The van der Waals surface area contributed by atoms with Crippen LogP contribution >= 0.6 is 0 Å². The summed E-state index contributed by atoms with van der Waals surface area (Å²) >= 11 is 0. The molecular formula is C24H54N2O4Si2+2. The number of hydrogen-bond donors (Lipinski definition) is 1. The van der Waals surface area contributed by atoms with Gasteiger partial charge in [-0.1, -0.05) is 6.58 Å². The van der Waals surface area contributed by atoms with Crippen molar-refractivity contribution in [3.63, 3.8) is 0 Å². The first-order chi connectivity index (χ1) is 14.5. The predicted molar refractivity (Wildman–Crippen MR) is 141 cm³/mol. The highest BCUT2D eigenvalue weighted by atomic mass is 28.4. The summed E-state index contributed by atoms with van der Waals surface area (Å²) in [5, 5.41) is 9.18. The van der Waals surface area contributed by atoms with Gasteiger partial charge < -0.3 is 22.9 Å². The van der Waals surface area contributed by atoms with Crippen molar-refractivity contribution in [2.75, 3.05) is 67.6 Å². The number of ether oxygens (including phenoxy) is 1. The maximum atomic E-state index is 11.5. The van der Waals surface area contributed by atoms with E-state index in [4.69, 9.17) is 8.85 Å². The van der Waals surface area contributed by atoms with E-state index >= 15 is 0 Å². The standard InChI is InChI=1S/C24H54N2O4Si2/c1-23(2)24(28)29-20-18-26(5,6)16-12-14-22-32(9,10)30-31(7,8)21-13-11-15-25(3,4)17-19-27/h27H,1,11-22H2,2-10H3/q+2. The third-order valence-corrected chi connectivity index (χ3v) is 13.7. The molecule has 0 radical (unpaired) electrons. The highest BCUT2D eigenvalue weighted by Crippen LogP contribution is 2.25. The Kier molecular flexibility index (Phi) is 13.8. The van der Waals surface area contributed by atoms with E-state index in [-0.39, 0.29) is 12.6 Å². The summed E-state index contributed by atoms with van der Waals surface area (Å²) in [7, 11) is 5.49. The number of carbonyl (C=O) groups is 1. The molecule has 0 aromatic carbocycles. The lowest BCUT2D eigenvalue weighted by atomic mass is 10.3. The summed E-state index contributed by atoms with van der Waals surface area (Å²) in [4.78, 5) is 11.5. The predicted octanol–water partition coefficient (Wildman–Crippen LogP) is 4.24. The van der Waals surface area contributed by atoms with Crippen molar-refractivity contribution in [1.82, 2.24) is 0 Å². The quantitative estimate of drug-likeness (QED) is 0.103. The largest absolute Gasteiger partial charge is 0.456 e. The van der Waals surface area contributed by atoms with Gasteiger partial charge in [0.2, 0.25) is 0 Å². The minimum Gasteiger partial charge on any atom is -0.456 e. The van der Waals surface area contributed by atoms with Crippen molar-refractivity contribution in [1.29, 1.82) is 0 Å². The van der Waals surface area contributed by atoms with Gasteiger partial charge in [-0.05, 0) is 70.9 Å². The van der Waals surface area contributed by atoms with Gasteiger partial charge in [0.05, 0.1) is 47.9 Å². The van der Waals surface area contributed by atoms with Gasteiger partial charge in [-0.3, -0.25) is 0 Å². The first kappa shape index (κ1) is 31.5. The van der Waals surface area contributed by atoms with Crippen LogP contribution < -0.4 is 0 Å². The van der Waals surface area contributed by atoms with Gasteiger partial charge in [0.25, 0.3) is 0 Å². The van der Waals surface area contributed by atoms with Gasteiger partial charge in [-0.2, -0.15) is 0 Å². The fourth-order valence-corrected chi connectivity index (χ4v) is 13.0. The normalized spacial score (nSPS) is 13.3. The molecule has 0 saturated heterocycles. The smallest absolute Gasteiger partial charge is 0.333 e. The third kappa shape index (κ3) is 16.2. The fourth-order valence-electron chi connectivity index (χ4n) is 4.03. The number of likely N-dealkylation sites (N-methyl/N-ethyl adjacent to an activating group) is 2. The summed E-state index contributed by atoms with van der Waals surface area (Å²) in [6.45, 7) is 19.4. The van der Waals surface area contributed by atoms with E-state index in [0.717, 1.165) is 35.1 Å². The summed E-state index contributed by atoms with van der Waals surface area (Å²) < 4.78 is 13.8. The molecule has 0 heterocycles. The molecule has 6 nitrogen and oxygen atoms in total. The fraction of sp³-hybridized carbons (Fsp3) is 0.875. The highest BCUT2D eigenvalue weighted by Gasteiger charge is 2.32. The maximum absolute atomic E-state index is 11.5. The number of nitrogens with zero attached hydrogens (tertiary/aromatic N) is 2. The van der Waals surface area contributed by atoms with Gasteiger partial charge in [0.1, 0.15) is 19.7 Å². The van der Waals surface area contributed by atoms with Crippen molar-refractivity contribution < 1.29 is 27.7 Å². The van der Waals surface area contributed by atoms with Gasteiger partial charge >= 0.3 is 5.97 Å². The van der Waals surface area contributed by atoms with E-state index in [2.05, 4.69) is 61.0 Å². The van der Waals surface area contributed by atoms with Gasteiger partial charge in [0, 0.05) is 5.57 Å². The van der Waals surface area contributed by atoms with Crippen molar-refractivity contribution in [3.8, 4) is 0 Å². The van der Waals surface area contributed by atoms with Crippen LogP contribution in [0.2, 0.25) is 38.3 Å². The number of aliphatic hydroxyl groups is 1. The molecule has 0 rings (SSSR count). The second-order valence-electron chi connectivity index (χ2n) is 11.9. The monoisotopic (exact) mass is 490 g/mol. The molecule has 0 spiro atoms. The van der Waals surface area contributed by atoms with Crippen LogP contribution in [0, 0.1) is 0 Å². The van der Waals surface area contributed by atoms with Gasteiger partial charge in [-0.25, -0.2) is 4.79 Å². The Hall–Kier alpha value is -0.516. The van der Waals surface area contributed by atoms with Crippen molar-refractivity contribution in [2.45, 2.75) is 70.9 Å². The topological polar surface area (TPSA) is 55.8 Å². The van der Waals surface area contributed by atoms with Crippen LogP contribution in [-0.2, 0) is 13.6 Å². The molecule has 0 unspecified atom stereocenters. The molecule has 0 saturated carbocycles. The molecule has 1 N–H and O–H groups in total. The third-order valence-electron chi connectivity index (χ3n) is 6.12. The van der Waals surface area contributed by atoms with Crippen LogP contribution in [0.4, 0.5) is 0 Å². The molecule has 0 aliphatic carbocycles. The molecule has 8 heteroatoms. The van der Waals surface area contributed by atoms with Crippen LogP contribution in [-0.4, -0.2) is 104 Å². The molecule has 0 aromatic heterocycles. The Bertz CT molecular complexity index is 578. The van der Waals surface area contributed by atoms with Gasteiger partial charge in [-0.15, -0.1) is 0 Å². The van der Waals surface area contributed by atoms with E-state index < -0.39 is 16.6 Å². The lowest BCUT2D eigenvalue weighted by Gasteiger charge is -2.35. The van der Waals surface area contributed by atoms with Crippen LogP contribution in [0.5, 0.6) is 0 Å². The minimum absolute atomic E-state index is 0.259. The Morgan fingerprint density at radius 1 is 0.812 bits per heavy atom. The number of esters is 1. The van der Waals surface area contributed by atoms with E-state index in [1.165, 1.54) is 37.8 Å². The van der Waals surface area contributed by atoms with Crippen LogP contribution in [0.3, 0.4) is 0 Å². The zero-order chi connectivity index (χ0) is 25.1. The average molecular weight is 491 g/mol. The lowest BCUT2D eigenvalue weighted by molar-refractivity contribution is -0.890. The zero-order valence-corrected chi connectivity index (χ0v) is 24.8. The number of quaternary nitrogens is 2. The van der Waals surface area contributed by atoms with Crippen molar-refractivity contribution >= 4 is 22.6 Å². The lowest BCUT2D eigenvalue weighted by Crippen LogP contribution is -2.45. The molecular weight excluding hydrogens is 436 g/mol. The SMILES string of the molecule is C=C(C)C(=O)OCC[N+](C)(C)CCCC[Si](C)(C)O[Si](C)(C)CCCC[N+](C)(C)CCO. The summed E-state index contributed by atoms with van der Waals surface area (Å²) in [6, 6.07) is 2.42. The van der Waals surface area contributed by atoms with E-state index in [9.17, 15) is 9.90 Å². The Morgan fingerprint density at radius 3 is 1.66 bits per heavy atom. The molecule has 0 atom stereocenters. The first-order valence-corrected chi connectivity index (χ1v) is 18.5. The molecule has 0 fully saturated rings. The second-order valence-corrected chi connectivity index (χ2v) is 20.8.